The average molecular weight is 325 g/mol. The highest BCUT2D eigenvalue weighted by Gasteiger charge is 2.14. The Morgan fingerprint density at radius 1 is 1.42 bits per heavy atom. The lowest BCUT2D eigenvalue weighted by Crippen LogP contribution is -2.14. The van der Waals surface area contributed by atoms with Gasteiger partial charge in [-0.3, -0.25) is 14.8 Å². The maximum Gasteiger partial charge on any atom is 0.283 e. The Bertz CT molecular complexity index is 597. The first-order valence-electron chi connectivity index (χ1n) is 5.69. The molecule has 1 heterocycles. The number of hydrogen-bond acceptors (Lipinski definition) is 4. The molecule has 0 aliphatic heterocycles. The number of aryl methyl sites for hydroxylation is 1. The first-order valence-corrected chi connectivity index (χ1v) is 6.48. The Kier molecular flexibility index (Phi) is 4.28. The van der Waals surface area contributed by atoms with Crippen LogP contribution in [0.4, 0.5) is 5.69 Å². The second-order valence-electron chi connectivity index (χ2n) is 4.09. The van der Waals surface area contributed by atoms with Crippen molar-refractivity contribution in [1.29, 1.82) is 0 Å². The van der Waals surface area contributed by atoms with Crippen LogP contribution in [0, 0.1) is 10.1 Å². The van der Waals surface area contributed by atoms with Gasteiger partial charge in [0.15, 0.2) is 0 Å². The molecule has 0 spiro atoms. The zero-order chi connectivity index (χ0) is 13.8. The molecule has 0 amide bonds. The minimum atomic E-state index is -0.396. The van der Waals surface area contributed by atoms with Gasteiger partial charge in [0.1, 0.15) is 0 Å². The fraction of sp³-hybridized carbons (Fsp3) is 0.250. The molecule has 2 rings (SSSR count). The van der Waals surface area contributed by atoms with Crippen molar-refractivity contribution in [2.24, 2.45) is 7.05 Å². The lowest BCUT2D eigenvalue weighted by Gasteiger charge is -2.06. The van der Waals surface area contributed by atoms with Crippen molar-refractivity contribution in [3.05, 3.63) is 56.3 Å². The Labute approximate surface area is 118 Å². The molecule has 2 aromatic rings. The van der Waals surface area contributed by atoms with Gasteiger partial charge < -0.3 is 5.32 Å². The van der Waals surface area contributed by atoms with Crippen molar-refractivity contribution >= 4 is 21.6 Å². The van der Waals surface area contributed by atoms with Gasteiger partial charge in [-0.15, -0.1) is 0 Å². The number of nitrogens with one attached hydrogen (secondary N) is 1. The van der Waals surface area contributed by atoms with Crippen molar-refractivity contribution in [2.45, 2.75) is 13.1 Å². The third-order valence-corrected chi connectivity index (χ3v) is 3.56. The van der Waals surface area contributed by atoms with E-state index in [0.717, 1.165) is 11.3 Å². The van der Waals surface area contributed by atoms with Crippen LogP contribution in [0.2, 0.25) is 0 Å². The van der Waals surface area contributed by atoms with Crippen molar-refractivity contribution in [1.82, 2.24) is 15.1 Å². The predicted octanol–water partition coefficient (Wildman–Crippen LogP) is 2.38. The van der Waals surface area contributed by atoms with Crippen LogP contribution < -0.4 is 5.32 Å². The smallest absolute Gasteiger partial charge is 0.283 e. The van der Waals surface area contributed by atoms with E-state index in [4.69, 9.17) is 0 Å². The van der Waals surface area contributed by atoms with Crippen LogP contribution in [0.15, 0.2) is 34.9 Å². The number of benzene rings is 1. The molecule has 7 heteroatoms. The molecular weight excluding hydrogens is 312 g/mol. The van der Waals surface area contributed by atoms with E-state index < -0.39 is 4.92 Å². The summed E-state index contributed by atoms with van der Waals surface area (Å²) < 4.78 is 2.26. The van der Waals surface area contributed by atoms with Crippen LogP contribution in [0.25, 0.3) is 0 Å². The highest BCUT2D eigenvalue weighted by atomic mass is 79.9. The summed E-state index contributed by atoms with van der Waals surface area (Å²) in [5.74, 6) is 0. The van der Waals surface area contributed by atoms with Gasteiger partial charge in [0.25, 0.3) is 5.69 Å². The molecule has 0 aliphatic rings. The van der Waals surface area contributed by atoms with Crippen LogP contribution in [-0.4, -0.2) is 14.7 Å². The zero-order valence-corrected chi connectivity index (χ0v) is 11.9. The summed E-state index contributed by atoms with van der Waals surface area (Å²) in [6.45, 7) is 1.16. The minimum Gasteiger partial charge on any atom is -0.307 e. The Morgan fingerprint density at radius 2 is 2.21 bits per heavy atom. The molecule has 1 aromatic carbocycles. The summed E-state index contributed by atoms with van der Waals surface area (Å²) in [7, 11) is 1.86. The highest BCUT2D eigenvalue weighted by Crippen LogP contribution is 2.28. The van der Waals surface area contributed by atoms with Crippen molar-refractivity contribution in [3.8, 4) is 0 Å². The summed E-state index contributed by atoms with van der Waals surface area (Å²) >= 11 is 3.27. The van der Waals surface area contributed by atoms with E-state index >= 15 is 0 Å². The standard InChI is InChI=1S/C12H13BrN4O2/c1-16-6-5-10(15-16)8-14-7-9-3-2-4-11(12(9)13)17(18)19/h2-6,14H,7-8H2,1H3. The normalized spacial score (nSPS) is 10.6. The fourth-order valence-corrected chi connectivity index (χ4v) is 2.28. The average Bonchev–Trinajstić information content (AvgIpc) is 2.77. The van der Waals surface area contributed by atoms with E-state index in [1.165, 1.54) is 6.07 Å². The van der Waals surface area contributed by atoms with Crippen molar-refractivity contribution in [3.63, 3.8) is 0 Å². The summed E-state index contributed by atoms with van der Waals surface area (Å²) in [5, 5.41) is 18.3. The number of nitrogens with zero attached hydrogens (tertiary/aromatic N) is 3. The number of nitro benzene ring substituents is 1. The van der Waals surface area contributed by atoms with Crippen LogP contribution in [0.5, 0.6) is 0 Å². The largest absolute Gasteiger partial charge is 0.307 e. The molecule has 1 N–H and O–H groups in total. The van der Waals surface area contributed by atoms with Crippen LogP contribution in [-0.2, 0) is 20.1 Å². The number of rotatable bonds is 5. The number of halogens is 1. The van der Waals surface area contributed by atoms with Crippen LogP contribution in [0.1, 0.15) is 11.3 Å². The maximum atomic E-state index is 10.8. The Hall–Kier alpha value is -1.73. The summed E-state index contributed by atoms with van der Waals surface area (Å²) in [6.07, 6.45) is 1.88. The molecule has 0 radical (unpaired) electrons. The van der Waals surface area contributed by atoms with Gasteiger partial charge in [-0.25, -0.2) is 0 Å². The van der Waals surface area contributed by atoms with Gasteiger partial charge >= 0.3 is 0 Å². The molecule has 0 saturated heterocycles. The summed E-state index contributed by atoms with van der Waals surface area (Å²) in [5.41, 5.74) is 1.87. The third-order valence-electron chi connectivity index (χ3n) is 2.65. The van der Waals surface area contributed by atoms with E-state index in [0.29, 0.717) is 17.6 Å². The number of aromatic nitrogens is 2. The van der Waals surface area contributed by atoms with Crippen molar-refractivity contribution in [2.75, 3.05) is 0 Å². The van der Waals surface area contributed by atoms with Gasteiger partial charge in [-0.2, -0.15) is 5.10 Å². The molecule has 19 heavy (non-hydrogen) atoms. The first-order chi connectivity index (χ1) is 9.08. The monoisotopic (exact) mass is 324 g/mol. The summed E-state index contributed by atoms with van der Waals surface area (Å²) in [4.78, 5) is 10.4. The lowest BCUT2D eigenvalue weighted by molar-refractivity contribution is -0.385. The minimum absolute atomic E-state index is 0.0807. The van der Waals surface area contributed by atoms with Gasteiger partial charge in [0.2, 0.25) is 0 Å². The SMILES string of the molecule is Cn1ccc(CNCc2cccc([N+](=O)[O-])c2Br)n1. The maximum absolute atomic E-state index is 10.8. The molecule has 100 valence electrons. The van der Waals surface area contributed by atoms with Gasteiger partial charge in [-0.1, -0.05) is 12.1 Å². The van der Waals surface area contributed by atoms with Gasteiger partial charge in [-0.05, 0) is 27.6 Å². The molecule has 1 aromatic heterocycles. The molecular formula is C12H13BrN4O2. The number of nitro groups is 1. The molecule has 6 nitrogen and oxygen atoms in total. The van der Waals surface area contributed by atoms with E-state index in [9.17, 15) is 10.1 Å². The summed E-state index contributed by atoms with van der Waals surface area (Å²) in [6, 6.07) is 6.94. The van der Waals surface area contributed by atoms with Crippen LogP contribution >= 0.6 is 15.9 Å². The Morgan fingerprint density at radius 3 is 2.84 bits per heavy atom. The lowest BCUT2D eigenvalue weighted by atomic mass is 10.2. The molecule has 0 unspecified atom stereocenters. The molecule has 0 aliphatic carbocycles. The zero-order valence-electron chi connectivity index (χ0n) is 10.3. The second-order valence-corrected chi connectivity index (χ2v) is 4.88. The van der Waals surface area contributed by atoms with Crippen LogP contribution in [0.3, 0.4) is 0 Å². The van der Waals surface area contributed by atoms with E-state index in [-0.39, 0.29) is 5.69 Å². The van der Waals surface area contributed by atoms with E-state index in [1.807, 2.05) is 25.4 Å². The fourth-order valence-electron chi connectivity index (χ4n) is 1.73. The third kappa shape index (κ3) is 3.39. The van der Waals surface area contributed by atoms with Gasteiger partial charge in [0.05, 0.1) is 15.1 Å². The Balaban J connectivity index is 2.00. The molecule has 0 fully saturated rings. The molecule has 0 saturated carbocycles. The first kappa shape index (κ1) is 13.7. The molecule has 0 atom stereocenters. The topological polar surface area (TPSA) is 73.0 Å². The van der Waals surface area contributed by atoms with E-state index in [2.05, 4.69) is 26.3 Å². The quantitative estimate of drug-likeness (QED) is 0.677. The van der Waals surface area contributed by atoms with E-state index in [1.54, 1.807) is 10.7 Å². The van der Waals surface area contributed by atoms with Crippen molar-refractivity contribution < 1.29 is 4.92 Å². The molecule has 0 bridgehead atoms. The number of hydrogen-bond donors (Lipinski definition) is 1. The highest BCUT2D eigenvalue weighted by molar-refractivity contribution is 9.10. The van der Waals surface area contributed by atoms with Gasteiger partial charge in [0, 0.05) is 32.4 Å². The predicted molar refractivity (Wildman–Crippen MR) is 74.5 cm³/mol. The second kappa shape index (κ2) is 5.94.